The Labute approximate surface area is 173 Å². The van der Waals surface area contributed by atoms with Gasteiger partial charge in [0, 0.05) is 16.7 Å². The molecule has 1 aromatic carbocycles. The van der Waals surface area contributed by atoms with E-state index in [0.29, 0.717) is 29.2 Å². The molecule has 0 aliphatic carbocycles. The Balaban J connectivity index is 1.62. The zero-order valence-electron chi connectivity index (χ0n) is 17.0. The predicted octanol–water partition coefficient (Wildman–Crippen LogP) is 3.86. The maximum Gasteiger partial charge on any atom is 0.221 e. The van der Waals surface area contributed by atoms with Gasteiger partial charge < -0.3 is 5.73 Å². The largest absolute Gasteiger partial charge is 0.368 e. The van der Waals surface area contributed by atoms with Crippen LogP contribution in [0, 0.1) is 5.82 Å². The van der Waals surface area contributed by atoms with Crippen molar-refractivity contribution < 1.29 is 4.39 Å². The summed E-state index contributed by atoms with van der Waals surface area (Å²) >= 11 is 0. The molecule has 0 atom stereocenters. The molecular formula is C22H22FN7. The molecule has 2 N–H and O–H groups in total. The second-order valence-electron chi connectivity index (χ2n) is 8.07. The lowest BCUT2D eigenvalue weighted by atomic mass is 9.91. The number of halogens is 1. The summed E-state index contributed by atoms with van der Waals surface area (Å²) in [6.45, 7) is 6.86. The number of hydrogen-bond donors (Lipinski definition) is 1. The number of pyridine rings is 1. The molecule has 0 amide bonds. The smallest absolute Gasteiger partial charge is 0.221 e. The number of aromatic nitrogens is 6. The highest BCUT2D eigenvalue weighted by Crippen LogP contribution is 2.24. The first-order valence-electron chi connectivity index (χ1n) is 9.55. The lowest BCUT2D eigenvalue weighted by Gasteiger charge is -2.18. The number of nitrogen functional groups attached to an aromatic ring is 1. The highest BCUT2D eigenvalue weighted by Gasteiger charge is 2.16. The van der Waals surface area contributed by atoms with Crippen LogP contribution in [-0.2, 0) is 12.0 Å². The van der Waals surface area contributed by atoms with Crippen LogP contribution in [0.25, 0.3) is 22.6 Å². The van der Waals surface area contributed by atoms with Gasteiger partial charge in [0.05, 0.1) is 29.8 Å². The van der Waals surface area contributed by atoms with Gasteiger partial charge in [0.2, 0.25) is 5.95 Å². The van der Waals surface area contributed by atoms with E-state index in [1.165, 1.54) is 12.1 Å². The SMILES string of the molecule is CC(C)(C)c1cccc(Cn2cc(-c3cc(-c4cccc(F)c4)nc(N)n3)nn2)n1. The zero-order valence-corrected chi connectivity index (χ0v) is 17.0. The molecular weight excluding hydrogens is 381 g/mol. The standard InChI is InChI=1S/C22H22FN7/c1-22(2,3)20-9-5-8-16(25-20)12-30-13-19(28-29-30)18-11-17(26-21(24)27-18)14-6-4-7-15(23)10-14/h4-11,13H,12H2,1-3H3,(H2,24,26,27). The molecule has 0 saturated carbocycles. The highest BCUT2D eigenvalue weighted by molar-refractivity contribution is 5.67. The van der Waals surface area contributed by atoms with Crippen LogP contribution in [0.4, 0.5) is 10.3 Å². The maximum atomic E-state index is 13.6. The molecule has 152 valence electrons. The number of anilines is 1. The quantitative estimate of drug-likeness (QED) is 0.556. The van der Waals surface area contributed by atoms with Gasteiger partial charge in [0.1, 0.15) is 11.5 Å². The van der Waals surface area contributed by atoms with Crippen molar-refractivity contribution >= 4 is 5.95 Å². The Bertz CT molecular complexity index is 1190. The summed E-state index contributed by atoms with van der Waals surface area (Å²) in [4.78, 5) is 13.2. The average Bonchev–Trinajstić information content (AvgIpc) is 3.16. The fraction of sp³-hybridized carbons (Fsp3) is 0.227. The second-order valence-corrected chi connectivity index (χ2v) is 8.07. The number of nitrogens with zero attached hydrogens (tertiary/aromatic N) is 6. The van der Waals surface area contributed by atoms with Gasteiger partial charge in [-0.25, -0.2) is 19.0 Å². The zero-order chi connectivity index (χ0) is 21.3. The van der Waals surface area contributed by atoms with Crippen LogP contribution < -0.4 is 5.73 Å². The molecule has 3 heterocycles. The minimum absolute atomic E-state index is 0.0324. The minimum atomic E-state index is -0.345. The van der Waals surface area contributed by atoms with Crippen molar-refractivity contribution in [3.8, 4) is 22.6 Å². The third kappa shape index (κ3) is 4.32. The van der Waals surface area contributed by atoms with Gasteiger partial charge in [-0.2, -0.15) is 0 Å². The van der Waals surface area contributed by atoms with Gasteiger partial charge in [-0.15, -0.1) is 5.10 Å². The molecule has 3 aromatic heterocycles. The third-order valence-electron chi connectivity index (χ3n) is 4.56. The summed E-state index contributed by atoms with van der Waals surface area (Å²) in [6, 6.07) is 13.9. The van der Waals surface area contributed by atoms with Crippen LogP contribution >= 0.6 is 0 Å². The Hall–Kier alpha value is -3.68. The number of benzene rings is 1. The molecule has 8 heteroatoms. The third-order valence-corrected chi connectivity index (χ3v) is 4.56. The van der Waals surface area contributed by atoms with Gasteiger partial charge in [0.15, 0.2) is 0 Å². The first-order chi connectivity index (χ1) is 14.3. The molecule has 0 radical (unpaired) electrons. The fourth-order valence-electron chi connectivity index (χ4n) is 3.04. The summed E-state index contributed by atoms with van der Waals surface area (Å²) < 4.78 is 15.3. The van der Waals surface area contributed by atoms with E-state index < -0.39 is 0 Å². The second kappa shape index (κ2) is 7.62. The molecule has 0 aliphatic heterocycles. The van der Waals surface area contributed by atoms with E-state index in [1.807, 2.05) is 18.2 Å². The molecule has 0 bridgehead atoms. The van der Waals surface area contributed by atoms with Crippen LogP contribution in [0.15, 0.2) is 54.7 Å². The Morgan fingerprint density at radius 3 is 2.47 bits per heavy atom. The first-order valence-corrected chi connectivity index (χ1v) is 9.55. The number of nitrogens with two attached hydrogens (primary N) is 1. The first kappa shape index (κ1) is 19.6. The lowest BCUT2D eigenvalue weighted by Crippen LogP contribution is -2.15. The van der Waals surface area contributed by atoms with E-state index in [1.54, 1.807) is 29.1 Å². The van der Waals surface area contributed by atoms with Crippen LogP contribution in [0.1, 0.15) is 32.2 Å². The summed E-state index contributed by atoms with van der Waals surface area (Å²) in [7, 11) is 0. The number of hydrogen-bond acceptors (Lipinski definition) is 6. The molecule has 7 nitrogen and oxygen atoms in total. The van der Waals surface area contributed by atoms with E-state index >= 15 is 0 Å². The van der Waals surface area contributed by atoms with Crippen LogP contribution in [0.3, 0.4) is 0 Å². The Morgan fingerprint density at radius 1 is 0.933 bits per heavy atom. The van der Waals surface area contributed by atoms with Crippen LogP contribution in [0.5, 0.6) is 0 Å². The van der Waals surface area contributed by atoms with Crippen LogP contribution in [-0.4, -0.2) is 29.9 Å². The van der Waals surface area contributed by atoms with Gasteiger partial charge in [-0.1, -0.05) is 44.2 Å². The van der Waals surface area contributed by atoms with Gasteiger partial charge in [-0.3, -0.25) is 4.98 Å². The topological polar surface area (TPSA) is 95.4 Å². The molecule has 0 spiro atoms. The number of rotatable bonds is 4. The minimum Gasteiger partial charge on any atom is -0.368 e. The van der Waals surface area contributed by atoms with E-state index in [9.17, 15) is 4.39 Å². The van der Waals surface area contributed by atoms with Crippen LogP contribution in [0.2, 0.25) is 0 Å². The summed E-state index contributed by atoms with van der Waals surface area (Å²) in [6.07, 6.45) is 1.78. The monoisotopic (exact) mass is 403 g/mol. The Kier molecular flexibility index (Phi) is 4.99. The lowest BCUT2D eigenvalue weighted by molar-refractivity contribution is 0.559. The van der Waals surface area contributed by atoms with Crippen molar-refractivity contribution in [3.05, 3.63) is 71.9 Å². The van der Waals surface area contributed by atoms with Crippen molar-refractivity contribution in [2.24, 2.45) is 0 Å². The molecule has 0 aliphatic rings. The summed E-state index contributed by atoms with van der Waals surface area (Å²) in [5, 5.41) is 8.40. The maximum absolute atomic E-state index is 13.6. The molecule has 4 aromatic rings. The average molecular weight is 403 g/mol. The van der Waals surface area contributed by atoms with Crippen molar-refractivity contribution in [2.45, 2.75) is 32.7 Å². The van der Waals surface area contributed by atoms with E-state index in [-0.39, 0.29) is 17.2 Å². The van der Waals surface area contributed by atoms with Crippen molar-refractivity contribution in [1.29, 1.82) is 0 Å². The fourth-order valence-corrected chi connectivity index (χ4v) is 3.04. The summed E-state index contributed by atoms with van der Waals surface area (Å²) in [5.74, 6) is -0.261. The van der Waals surface area contributed by atoms with Gasteiger partial charge in [-0.05, 0) is 30.3 Å². The van der Waals surface area contributed by atoms with Gasteiger partial charge >= 0.3 is 0 Å². The van der Waals surface area contributed by atoms with Gasteiger partial charge in [0.25, 0.3) is 0 Å². The normalized spacial score (nSPS) is 11.6. The molecule has 30 heavy (non-hydrogen) atoms. The highest BCUT2D eigenvalue weighted by atomic mass is 19.1. The van der Waals surface area contributed by atoms with Crippen molar-refractivity contribution in [3.63, 3.8) is 0 Å². The predicted molar refractivity (Wildman–Crippen MR) is 113 cm³/mol. The van der Waals surface area contributed by atoms with Crippen molar-refractivity contribution in [2.75, 3.05) is 5.73 Å². The van der Waals surface area contributed by atoms with Crippen molar-refractivity contribution in [1.82, 2.24) is 29.9 Å². The molecule has 4 rings (SSSR count). The summed E-state index contributed by atoms with van der Waals surface area (Å²) in [5.41, 5.74) is 9.95. The van der Waals surface area contributed by atoms with E-state index in [2.05, 4.69) is 41.1 Å². The van der Waals surface area contributed by atoms with E-state index in [0.717, 1.165) is 11.4 Å². The molecule has 0 fully saturated rings. The molecule has 0 unspecified atom stereocenters. The molecule has 0 saturated heterocycles. The Morgan fingerprint density at radius 2 is 1.70 bits per heavy atom. The van der Waals surface area contributed by atoms with E-state index in [4.69, 9.17) is 10.7 Å².